The number of hydrogen-bond donors (Lipinski definition) is 1. The van der Waals surface area contributed by atoms with Crippen LogP contribution >= 0.6 is 0 Å². The summed E-state index contributed by atoms with van der Waals surface area (Å²) in [6.45, 7) is 0.705. The molecule has 3 rings (SSSR count). The van der Waals surface area contributed by atoms with Crippen molar-refractivity contribution in [3.63, 3.8) is 0 Å². The Balaban J connectivity index is 1.96. The lowest BCUT2D eigenvalue weighted by atomic mass is 10.1. The Labute approximate surface area is 166 Å². The van der Waals surface area contributed by atoms with Crippen LogP contribution in [0.5, 0.6) is 11.5 Å². The first kappa shape index (κ1) is 20.3. The van der Waals surface area contributed by atoms with Crippen LogP contribution in [-0.4, -0.2) is 56.8 Å². The van der Waals surface area contributed by atoms with Gasteiger partial charge in [-0.05, 0) is 26.2 Å². The number of nitro benzene ring substituents is 1. The summed E-state index contributed by atoms with van der Waals surface area (Å²) >= 11 is 0. The maximum Gasteiger partial charge on any atom is 0.273 e. The first-order chi connectivity index (χ1) is 13.8. The van der Waals surface area contributed by atoms with Crippen LogP contribution in [0.15, 0.2) is 30.3 Å². The van der Waals surface area contributed by atoms with Gasteiger partial charge in [0.15, 0.2) is 6.73 Å². The highest BCUT2D eigenvalue weighted by Crippen LogP contribution is 2.37. The van der Waals surface area contributed by atoms with E-state index in [0.717, 1.165) is 6.07 Å². The van der Waals surface area contributed by atoms with Crippen LogP contribution in [0.25, 0.3) is 0 Å². The summed E-state index contributed by atoms with van der Waals surface area (Å²) in [6, 6.07) is 6.49. The number of benzene rings is 2. The number of rotatable bonds is 7. The molecule has 1 aliphatic rings. The topological polar surface area (TPSA) is 97.2 Å². The molecule has 1 heterocycles. The second kappa shape index (κ2) is 8.31. The number of halogens is 1. The number of amides is 1. The molecule has 0 saturated heterocycles. The number of nitrogens with zero attached hydrogens (tertiary/aromatic N) is 3. The summed E-state index contributed by atoms with van der Waals surface area (Å²) in [4.78, 5) is 26.7. The van der Waals surface area contributed by atoms with E-state index in [1.165, 1.54) is 29.2 Å². The number of carbonyl (C=O) groups is 1. The van der Waals surface area contributed by atoms with Crippen molar-refractivity contribution in [3.8, 4) is 11.5 Å². The van der Waals surface area contributed by atoms with Crippen molar-refractivity contribution < 1.29 is 23.6 Å². The molecule has 0 bridgehead atoms. The second-order valence-corrected chi connectivity index (χ2v) is 6.65. The van der Waals surface area contributed by atoms with E-state index < -0.39 is 16.6 Å². The normalized spacial score (nSPS) is 13.1. The fourth-order valence-electron chi connectivity index (χ4n) is 2.84. The smallest absolute Gasteiger partial charge is 0.273 e. The quantitative estimate of drug-likeness (QED) is 0.560. The molecule has 154 valence electrons. The van der Waals surface area contributed by atoms with Gasteiger partial charge in [0.2, 0.25) is 0 Å². The number of carbonyl (C=O) groups excluding carboxylic acids is 1. The van der Waals surface area contributed by atoms with E-state index in [1.807, 2.05) is 19.0 Å². The van der Waals surface area contributed by atoms with Crippen molar-refractivity contribution in [2.24, 2.45) is 0 Å². The van der Waals surface area contributed by atoms with E-state index in [4.69, 9.17) is 9.47 Å². The summed E-state index contributed by atoms with van der Waals surface area (Å²) in [6.07, 6.45) is 0. The molecule has 0 spiro atoms. The maximum absolute atomic E-state index is 14.2. The zero-order valence-corrected chi connectivity index (χ0v) is 16.3. The molecular weight excluding hydrogens is 383 g/mol. The number of ether oxygens (including phenoxy) is 2. The van der Waals surface area contributed by atoms with Gasteiger partial charge in [0, 0.05) is 25.7 Å². The molecule has 0 fully saturated rings. The molecule has 0 atom stereocenters. The Morgan fingerprint density at radius 2 is 2.10 bits per heavy atom. The highest BCUT2D eigenvalue weighted by atomic mass is 19.1. The molecule has 29 heavy (non-hydrogen) atoms. The van der Waals surface area contributed by atoms with Gasteiger partial charge < -0.3 is 19.7 Å². The van der Waals surface area contributed by atoms with Crippen molar-refractivity contribution in [2.45, 2.75) is 0 Å². The minimum atomic E-state index is -0.587. The SMILES string of the molecule is CNc1cc2c(cc1F)C(=O)N(c1ccc([N+](=O)[O-])cc1OCCN(C)C)CO2. The van der Waals surface area contributed by atoms with E-state index in [2.05, 4.69) is 5.32 Å². The average Bonchev–Trinajstić information content (AvgIpc) is 2.68. The lowest BCUT2D eigenvalue weighted by Crippen LogP contribution is -2.39. The Morgan fingerprint density at radius 3 is 2.76 bits per heavy atom. The maximum atomic E-state index is 14.2. The number of hydrogen-bond acceptors (Lipinski definition) is 7. The first-order valence-corrected chi connectivity index (χ1v) is 8.83. The number of anilines is 2. The molecule has 1 aliphatic heterocycles. The van der Waals surface area contributed by atoms with Crippen LogP contribution in [-0.2, 0) is 0 Å². The standard InChI is InChI=1S/C19H21FN4O5/c1-21-15-10-17-13(9-14(15)20)19(25)23(11-29-17)16-5-4-12(24(26)27)8-18(16)28-7-6-22(2)3/h4-5,8-10,21H,6-7,11H2,1-3H3. The van der Waals surface area contributed by atoms with Crippen molar-refractivity contribution >= 4 is 23.0 Å². The van der Waals surface area contributed by atoms with Gasteiger partial charge in [-0.3, -0.25) is 19.8 Å². The first-order valence-electron chi connectivity index (χ1n) is 8.83. The zero-order chi connectivity index (χ0) is 21.1. The molecular formula is C19H21FN4O5. The second-order valence-electron chi connectivity index (χ2n) is 6.65. The predicted octanol–water partition coefficient (Wildman–Crippen LogP) is 2.71. The van der Waals surface area contributed by atoms with Gasteiger partial charge in [-0.2, -0.15) is 0 Å². The van der Waals surface area contributed by atoms with Crippen molar-refractivity contribution in [3.05, 3.63) is 51.8 Å². The highest BCUT2D eigenvalue weighted by molar-refractivity contribution is 6.09. The monoisotopic (exact) mass is 404 g/mol. The van der Waals surface area contributed by atoms with E-state index >= 15 is 0 Å². The summed E-state index contributed by atoms with van der Waals surface area (Å²) in [7, 11) is 5.30. The van der Waals surface area contributed by atoms with E-state index in [-0.39, 0.29) is 41.8 Å². The molecule has 9 nitrogen and oxygen atoms in total. The fraction of sp³-hybridized carbons (Fsp3) is 0.316. The lowest BCUT2D eigenvalue weighted by Gasteiger charge is -2.30. The third-order valence-electron chi connectivity index (χ3n) is 4.40. The Morgan fingerprint density at radius 1 is 1.34 bits per heavy atom. The van der Waals surface area contributed by atoms with Crippen LogP contribution in [0, 0.1) is 15.9 Å². The number of nitro groups is 1. The van der Waals surface area contributed by atoms with Gasteiger partial charge >= 0.3 is 0 Å². The lowest BCUT2D eigenvalue weighted by molar-refractivity contribution is -0.384. The van der Waals surface area contributed by atoms with Crippen LogP contribution in [0.4, 0.5) is 21.5 Å². The summed E-state index contributed by atoms with van der Waals surface area (Å²) in [5.41, 5.74) is 0.422. The molecule has 0 radical (unpaired) electrons. The number of fused-ring (bicyclic) bond motifs is 1. The molecule has 0 saturated carbocycles. The minimum Gasteiger partial charge on any atom is -0.490 e. The number of non-ortho nitro benzene ring substituents is 1. The number of nitrogens with one attached hydrogen (secondary N) is 1. The minimum absolute atomic E-state index is 0.0605. The Bertz CT molecular complexity index is 950. The Kier molecular flexibility index (Phi) is 5.83. The molecule has 1 N–H and O–H groups in total. The van der Waals surface area contributed by atoms with Crippen molar-refractivity contribution in [1.29, 1.82) is 0 Å². The summed E-state index contributed by atoms with van der Waals surface area (Å²) < 4.78 is 25.5. The largest absolute Gasteiger partial charge is 0.490 e. The van der Waals surface area contributed by atoms with Gasteiger partial charge in [0.05, 0.1) is 27.9 Å². The van der Waals surface area contributed by atoms with Gasteiger partial charge in [-0.25, -0.2) is 4.39 Å². The fourth-order valence-corrected chi connectivity index (χ4v) is 2.84. The molecule has 0 aliphatic carbocycles. The van der Waals surface area contributed by atoms with Gasteiger partial charge in [-0.1, -0.05) is 0 Å². The molecule has 2 aromatic carbocycles. The molecule has 0 aromatic heterocycles. The predicted molar refractivity (Wildman–Crippen MR) is 105 cm³/mol. The van der Waals surface area contributed by atoms with E-state index in [1.54, 1.807) is 7.05 Å². The third-order valence-corrected chi connectivity index (χ3v) is 4.40. The van der Waals surface area contributed by atoms with Crippen LogP contribution in [0.3, 0.4) is 0 Å². The summed E-state index contributed by atoms with van der Waals surface area (Å²) in [5, 5.41) is 13.8. The van der Waals surface area contributed by atoms with Gasteiger partial charge in [-0.15, -0.1) is 0 Å². The third kappa shape index (κ3) is 4.21. The molecule has 10 heteroatoms. The molecule has 0 unspecified atom stereocenters. The molecule has 2 aromatic rings. The van der Waals surface area contributed by atoms with Crippen LogP contribution in [0.1, 0.15) is 10.4 Å². The average molecular weight is 404 g/mol. The van der Waals surface area contributed by atoms with E-state index in [0.29, 0.717) is 12.2 Å². The molecule has 1 amide bonds. The van der Waals surface area contributed by atoms with Gasteiger partial charge in [0.25, 0.3) is 11.6 Å². The summed E-state index contributed by atoms with van der Waals surface area (Å²) in [5.74, 6) is -0.641. The van der Waals surface area contributed by atoms with E-state index in [9.17, 15) is 19.3 Å². The Hall–Kier alpha value is -3.40. The highest BCUT2D eigenvalue weighted by Gasteiger charge is 2.31. The van der Waals surface area contributed by atoms with Crippen molar-refractivity contribution in [1.82, 2.24) is 4.90 Å². The zero-order valence-electron chi connectivity index (χ0n) is 16.3. The van der Waals surface area contributed by atoms with Crippen LogP contribution < -0.4 is 19.7 Å². The number of likely N-dealkylation sites (N-methyl/N-ethyl adjacent to an activating group) is 1. The van der Waals surface area contributed by atoms with Crippen molar-refractivity contribution in [2.75, 3.05) is 51.2 Å². The van der Waals surface area contributed by atoms with Crippen LogP contribution in [0.2, 0.25) is 0 Å². The van der Waals surface area contributed by atoms with Gasteiger partial charge in [0.1, 0.15) is 23.9 Å².